The molecule has 0 bridgehead atoms. The number of nitrogens with zero attached hydrogens (tertiary/aromatic N) is 3. The molecule has 0 aliphatic carbocycles. The molecule has 4 rings (SSSR count). The second-order valence-corrected chi connectivity index (χ2v) is 8.47. The first-order chi connectivity index (χ1) is 17.7. The van der Waals surface area contributed by atoms with Crippen LogP contribution in [0.5, 0.6) is 11.6 Å². The molecule has 1 saturated heterocycles. The number of hydrogen-bond acceptors (Lipinski definition) is 6. The minimum atomic E-state index is -4.72. The molecule has 3 aromatic rings. The predicted octanol–water partition coefficient (Wildman–Crippen LogP) is 3.94. The van der Waals surface area contributed by atoms with Crippen LogP contribution < -0.4 is 14.8 Å². The Kier molecular flexibility index (Phi) is 7.61. The second kappa shape index (κ2) is 10.9. The van der Waals surface area contributed by atoms with Gasteiger partial charge in [0.05, 0.1) is 25.3 Å². The van der Waals surface area contributed by atoms with Crippen molar-refractivity contribution in [3.63, 3.8) is 0 Å². The topological polar surface area (TPSA) is 93.7 Å². The largest absolute Gasteiger partial charge is 0.491 e. The van der Waals surface area contributed by atoms with E-state index in [1.54, 1.807) is 11.0 Å². The molecule has 1 aliphatic rings. The Morgan fingerprint density at radius 2 is 1.81 bits per heavy atom. The molecule has 0 radical (unpaired) electrons. The van der Waals surface area contributed by atoms with E-state index in [2.05, 4.69) is 15.3 Å². The Morgan fingerprint density at radius 3 is 2.49 bits per heavy atom. The molecule has 3 heterocycles. The highest BCUT2D eigenvalue weighted by molar-refractivity contribution is 5.95. The second-order valence-electron chi connectivity index (χ2n) is 8.47. The first kappa shape index (κ1) is 25.9. The Morgan fingerprint density at radius 1 is 1.05 bits per heavy atom. The average Bonchev–Trinajstić information content (AvgIpc) is 2.92. The first-order valence-corrected chi connectivity index (χ1v) is 11.5. The number of carbonyl (C=O) groups is 2. The highest BCUT2D eigenvalue weighted by atomic mass is 19.4. The lowest BCUT2D eigenvalue weighted by Gasteiger charge is -2.39. The van der Waals surface area contributed by atoms with Crippen LogP contribution in [0.2, 0.25) is 0 Å². The molecule has 2 amide bonds. The van der Waals surface area contributed by atoms with E-state index in [1.165, 1.54) is 20.4 Å². The zero-order valence-corrected chi connectivity index (χ0v) is 20.2. The quantitative estimate of drug-likeness (QED) is 0.536. The van der Waals surface area contributed by atoms with E-state index in [-0.39, 0.29) is 30.8 Å². The molecule has 1 N–H and O–H groups in total. The summed E-state index contributed by atoms with van der Waals surface area (Å²) in [7, 11) is 2.89. The van der Waals surface area contributed by atoms with Crippen molar-refractivity contribution in [3.05, 3.63) is 83.3 Å². The van der Waals surface area contributed by atoms with Crippen molar-refractivity contribution in [1.29, 1.82) is 0 Å². The maximum absolute atomic E-state index is 13.4. The maximum atomic E-state index is 13.4. The molecule has 0 saturated carbocycles. The van der Waals surface area contributed by atoms with Crippen molar-refractivity contribution in [2.75, 3.05) is 27.3 Å². The van der Waals surface area contributed by atoms with Crippen molar-refractivity contribution in [1.82, 2.24) is 20.2 Å². The Hall–Kier alpha value is -4.15. The Balaban J connectivity index is 1.58. The highest BCUT2D eigenvalue weighted by Crippen LogP contribution is 2.33. The van der Waals surface area contributed by atoms with Crippen molar-refractivity contribution in [2.24, 2.45) is 0 Å². The fraction of sp³-hybridized carbons (Fsp3) is 0.308. The summed E-state index contributed by atoms with van der Waals surface area (Å²) in [5, 5.41) is 2.74. The lowest BCUT2D eigenvalue weighted by molar-refractivity contribution is -0.138. The molecular weight excluding hydrogens is 489 g/mol. The molecule has 0 unspecified atom stereocenters. The van der Waals surface area contributed by atoms with E-state index in [0.717, 1.165) is 23.9 Å². The van der Waals surface area contributed by atoms with Crippen LogP contribution in [-0.2, 0) is 6.18 Å². The van der Waals surface area contributed by atoms with Gasteiger partial charge in [-0.15, -0.1) is 0 Å². The van der Waals surface area contributed by atoms with Crippen LogP contribution >= 0.6 is 0 Å². The number of aromatic nitrogens is 2. The number of likely N-dealkylation sites (tertiary alicyclic amines) is 1. The number of piperidine rings is 1. The summed E-state index contributed by atoms with van der Waals surface area (Å²) in [5.41, 5.74) is -0.642. The first-order valence-electron chi connectivity index (χ1n) is 11.5. The molecule has 1 fully saturated rings. The Labute approximate surface area is 211 Å². The van der Waals surface area contributed by atoms with E-state index in [1.807, 2.05) is 30.3 Å². The number of hydrogen-bond donors (Lipinski definition) is 1. The summed E-state index contributed by atoms with van der Waals surface area (Å²) in [4.78, 5) is 35.7. The van der Waals surface area contributed by atoms with Gasteiger partial charge >= 0.3 is 6.18 Å². The lowest BCUT2D eigenvalue weighted by Crippen LogP contribution is -2.51. The number of alkyl halides is 3. The number of ether oxygens (including phenoxy) is 2. The third-order valence-corrected chi connectivity index (χ3v) is 6.25. The molecule has 8 nitrogen and oxygen atoms in total. The molecule has 2 aromatic heterocycles. The minimum Gasteiger partial charge on any atom is -0.491 e. The van der Waals surface area contributed by atoms with Gasteiger partial charge < -0.3 is 19.7 Å². The Bertz CT molecular complexity index is 1270. The molecule has 0 spiro atoms. The van der Waals surface area contributed by atoms with Gasteiger partial charge in [-0.25, -0.2) is 4.98 Å². The molecular formula is C26H25F3N4O4. The van der Waals surface area contributed by atoms with Gasteiger partial charge in [-0.3, -0.25) is 14.6 Å². The zero-order chi connectivity index (χ0) is 26.6. The van der Waals surface area contributed by atoms with Crippen LogP contribution in [0.3, 0.4) is 0 Å². The van der Waals surface area contributed by atoms with Gasteiger partial charge in [-0.05, 0) is 24.1 Å². The number of carbonyl (C=O) groups excluding carboxylic acids is 2. The van der Waals surface area contributed by atoms with E-state index < -0.39 is 29.4 Å². The number of benzene rings is 1. The molecule has 194 valence electrons. The number of halogens is 3. The molecule has 11 heteroatoms. The van der Waals surface area contributed by atoms with Crippen molar-refractivity contribution < 1.29 is 32.2 Å². The number of rotatable bonds is 6. The van der Waals surface area contributed by atoms with Crippen LogP contribution in [0, 0.1) is 0 Å². The van der Waals surface area contributed by atoms with Gasteiger partial charge in [0.2, 0.25) is 0 Å². The van der Waals surface area contributed by atoms with Gasteiger partial charge in [-0.1, -0.05) is 30.3 Å². The van der Waals surface area contributed by atoms with Gasteiger partial charge in [0.1, 0.15) is 5.69 Å². The smallest absolute Gasteiger partial charge is 0.418 e. The average molecular weight is 515 g/mol. The zero-order valence-electron chi connectivity index (χ0n) is 20.2. The predicted molar refractivity (Wildman–Crippen MR) is 128 cm³/mol. The van der Waals surface area contributed by atoms with Crippen LogP contribution in [0.1, 0.15) is 44.3 Å². The molecule has 1 aromatic carbocycles. The molecule has 2 atom stereocenters. The van der Waals surface area contributed by atoms with Gasteiger partial charge in [0, 0.05) is 43.5 Å². The fourth-order valence-corrected chi connectivity index (χ4v) is 4.43. The van der Waals surface area contributed by atoms with Gasteiger partial charge in [0.25, 0.3) is 17.7 Å². The summed E-state index contributed by atoms with van der Waals surface area (Å²) >= 11 is 0. The summed E-state index contributed by atoms with van der Waals surface area (Å²) in [6, 6.07) is 12.2. The fourth-order valence-electron chi connectivity index (χ4n) is 4.43. The van der Waals surface area contributed by atoms with Crippen molar-refractivity contribution in [3.8, 4) is 11.6 Å². The highest BCUT2D eigenvalue weighted by Gasteiger charge is 2.38. The van der Waals surface area contributed by atoms with Gasteiger partial charge in [0.15, 0.2) is 5.75 Å². The number of methoxy groups -OCH3 is 2. The van der Waals surface area contributed by atoms with Crippen LogP contribution in [0.15, 0.2) is 60.9 Å². The number of amides is 2. The van der Waals surface area contributed by atoms with E-state index in [0.29, 0.717) is 17.7 Å². The normalized spacial score (nSPS) is 17.7. The van der Waals surface area contributed by atoms with Crippen LogP contribution in [0.25, 0.3) is 0 Å². The van der Waals surface area contributed by atoms with E-state index in [4.69, 9.17) is 9.47 Å². The third kappa shape index (κ3) is 5.65. The summed E-state index contributed by atoms with van der Waals surface area (Å²) in [6.07, 6.45) is -1.85. The minimum absolute atomic E-state index is 0.233. The lowest BCUT2D eigenvalue weighted by atomic mass is 9.85. The third-order valence-electron chi connectivity index (χ3n) is 6.25. The summed E-state index contributed by atoms with van der Waals surface area (Å²) < 4.78 is 50.7. The number of pyridine rings is 2. The van der Waals surface area contributed by atoms with Crippen molar-refractivity contribution in [2.45, 2.75) is 24.6 Å². The molecule has 1 aliphatic heterocycles. The summed E-state index contributed by atoms with van der Waals surface area (Å²) in [5.74, 6) is -1.01. The maximum Gasteiger partial charge on any atom is 0.418 e. The standard InChI is InChI=1S/C26H25F3N4O4/c1-36-21-13-17(14-31-24(21)37-2)25(35)33-12-10-20(18(15-33)16-7-4-3-5-8-16)32-23(34)22-19(26(27,28)29)9-6-11-30-22/h3-9,11,13-14,18,20H,10,12,15H2,1-2H3,(H,32,34)/t18-,20+/m0/s1. The van der Waals surface area contributed by atoms with Crippen molar-refractivity contribution >= 4 is 11.8 Å². The van der Waals surface area contributed by atoms with Crippen LogP contribution in [0.4, 0.5) is 13.2 Å². The van der Waals surface area contributed by atoms with E-state index in [9.17, 15) is 22.8 Å². The molecule has 37 heavy (non-hydrogen) atoms. The number of nitrogens with one attached hydrogen (secondary N) is 1. The summed E-state index contributed by atoms with van der Waals surface area (Å²) in [6.45, 7) is 0.506. The monoisotopic (exact) mass is 514 g/mol. The van der Waals surface area contributed by atoms with E-state index >= 15 is 0 Å². The SMILES string of the molecule is COc1cc(C(=O)N2CC[C@@H](NC(=O)c3ncccc3C(F)(F)F)[C@H](c3ccccc3)C2)cnc1OC. The van der Waals surface area contributed by atoms with Crippen LogP contribution in [-0.4, -0.2) is 60.0 Å². The van der Waals surface area contributed by atoms with Gasteiger partial charge in [-0.2, -0.15) is 13.2 Å².